The molecular weight excluding hydrogens is 566 g/mol. The number of amides is 1. The maximum atomic E-state index is 14.4. The number of aromatic nitrogens is 1. The molecule has 1 heterocycles. The predicted octanol–water partition coefficient (Wildman–Crippen LogP) is 7.89. The molecule has 0 saturated carbocycles. The molecule has 0 bridgehead atoms. The molecular formula is C29H22ClF4N3O2S. The summed E-state index contributed by atoms with van der Waals surface area (Å²) in [5.41, 5.74) is 0.301. The van der Waals surface area contributed by atoms with Crippen molar-refractivity contribution in [3.63, 3.8) is 0 Å². The Kier molecular flexibility index (Phi) is 9.34. The second-order valence-electron chi connectivity index (χ2n) is 8.67. The number of alkyl halides is 3. The van der Waals surface area contributed by atoms with Crippen LogP contribution in [0, 0.1) is 5.82 Å². The van der Waals surface area contributed by atoms with E-state index in [9.17, 15) is 22.4 Å². The first-order valence-electron chi connectivity index (χ1n) is 11.9. The van der Waals surface area contributed by atoms with E-state index in [2.05, 4.69) is 10.3 Å². The van der Waals surface area contributed by atoms with Crippen LogP contribution in [-0.4, -0.2) is 16.2 Å². The lowest BCUT2D eigenvalue weighted by atomic mass is 9.97. The second kappa shape index (κ2) is 12.9. The molecule has 3 aromatic carbocycles. The molecule has 1 aromatic heterocycles. The maximum Gasteiger partial charge on any atom is 0.422 e. The third kappa shape index (κ3) is 7.77. The Hall–Kier alpha value is -4.02. The van der Waals surface area contributed by atoms with E-state index in [1.165, 1.54) is 18.3 Å². The molecule has 0 aliphatic carbocycles. The summed E-state index contributed by atoms with van der Waals surface area (Å²) in [6.07, 6.45) is -4.22. The summed E-state index contributed by atoms with van der Waals surface area (Å²) in [6, 6.07) is 22.1. The van der Waals surface area contributed by atoms with Crippen molar-refractivity contribution in [2.45, 2.75) is 25.2 Å². The highest BCUT2D eigenvalue weighted by Gasteiger charge is 2.33. The first-order chi connectivity index (χ1) is 19.1. The molecule has 1 N–H and O–H groups in total. The molecule has 40 heavy (non-hydrogen) atoms. The highest BCUT2D eigenvalue weighted by Crippen LogP contribution is 2.32. The number of anilines is 1. The van der Waals surface area contributed by atoms with Crippen molar-refractivity contribution in [3.8, 4) is 0 Å². The lowest BCUT2D eigenvalue weighted by Crippen LogP contribution is -2.46. The van der Waals surface area contributed by atoms with Crippen molar-refractivity contribution in [2.75, 3.05) is 4.90 Å². The van der Waals surface area contributed by atoms with Crippen LogP contribution in [0.2, 0.25) is 5.02 Å². The van der Waals surface area contributed by atoms with Gasteiger partial charge in [0, 0.05) is 6.20 Å². The highest BCUT2D eigenvalue weighted by atomic mass is 35.5. The van der Waals surface area contributed by atoms with E-state index in [-0.39, 0.29) is 29.5 Å². The van der Waals surface area contributed by atoms with Gasteiger partial charge in [-0.3, -0.25) is 0 Å². The van der Waals surface area contributed by atoms with Crippen molar-refractivity contribution in [1.29, 1.82) is 0 Å². The third-order valence-electron chi connectivity index (χ3n) is 5.76. The van der Waals surface area contributed by atoms with Crippen molar-refractivity contribution in [1.82, 2.24) is 10.3 Å². The van der Waals surface area contributed by atoms with Crippen molar-refractivity contribution in [3.05, 3.63) is 130 Å². The SMILES string of the molecule is O=C(OCc1ccccc1)N(C(=S)NC(Cc1ccccc1)c1cc(F)cc(C(F)(F)F)c1)c1ccc(Cl)cn1. The number of halogens is 5. The molecule has 0 fully saturated rings. The minimum Gasteiger partial charge on any atom is -0.444 e. The number of benzene rings is 3. The molecule has 0 saturated heterocycles. The Morgan fingerprint density at radius 2 is 1.62 bits per heavy atom. The Balaban J connectivity index is 1.67. The maximum absolute atomic E-state index is 14.4. The summed E-state index contributed by atoms with van der Waals surface area (Å²) in [5.74, 6) is -0.997. The molecule has 0 aliphatic rings. The molecule has 1 atom stereocenters. The van der Waals surface area contributed by atoms with Gasteiger partial charge in [0.2, 0.25) is 0 Å². The topological polar surface area (TPSA) is 54.5 Å². The van der Waals surface area contributed by atoms with Crippen LogP contribution in [0.4, 0.5) is 28.2 Å². The van der Waals surface area contributed by atoms with Gasteiger partial charge in [0.05, 0.1) is 16.6 Å². The number of hydrogen-bond acceptors (Lipinski definition) is 4. The van der Waals surface area contributed by atoms with Crippen LogP contribution >= 0.6 is 23.8 Å². The lowest BCUT2D eigenvalue weighted by Gasteiger charge is -2.27. The minimum absolute atomic E-state index is 0.0137. The number of thiocarbonyl (C=S) groups is 1. The molecule has 0 spiro atoms. The van der Waals surface area contributed by atoms with E-state index in [0.29, 0.717) is 11.1 Å². The Morgan fingerprint density at radius 3 is 2.23 bits per heavy atom. The summed E-state index contributed by atoms with van der Waals surface area (Å²) in [6.45, 7) is -0.0708. The highest BCUT2D eigenvalue weighted by molar-refractivity contribution is 7.80. The molecule has 1 amide bonds. The first-order valence-corrected chi connectivity index (χ1v) is 12.7. The average Bonchev–Trinajstić information content (AvgIpc) is 2.93. The number of pyridine rings is 1. The van der Waals surface area contributed by atoms with E-state index in [0.717, 1.165) is 28.2 Å². The van der Waals surface area contributed by atoms with Gasteiger partial charge in [-0.2, -0.15) is 13.2 Å². The molecule has 1 unspecified atom stereocenters. The fraction of sp³-hybridized carbons (Fsp3) is 0.138. The Labute approximate surface area is 238 Å². The normalized spacial score (nSPS) is 11.9. The van der Waals surface area contributed by atoms with Gasteiger partial charge in [0.15, 0.2) is 5.11 Å². The van der Waals surface area contributed by atoms with Crippen molar-refractivity contribution in [2.24, 2.45) is 0 Å². The molecule has 11 heteroatoms. The summed E-state index contributed by atoms with van der Waals surface area (Å²) >= 11 is 11.5. The van der Waals surface area contributed by atoms with Gasteiger partial charge < -0.3 is 10.1 Å². The lowest BCUT2D eigenvalue weighted by molar-refractivity contribution is -0.137. The number of carbonyl (C=O) groups excluding carboxylic acids is 1. The van der Waals surface area contributed by atoms with Gasteiger partial charge in [0.1, 0.15) is 18.2 Å². The van der Waals surface area contributed by atoms with Crippen LogP contribution in [0.15, 0.2) is 97.2 Å². The van der Waals surface area contributed by atoms with Gasteiger partial charge in [0.25, 0.3) is 0 Å². The van der Waals surface area contributed by atoms with Crippen LogP contribution in [-0.2, 0) is 23.9 Å². The minimum atomic E-state index is -4.77. The molecule has 4 aromatic rings. The van der Waals surface area contributed by atoms with Crippen molar-refractivity contribution < 1.29 is 27.1 Å². The summed E-state index contributed by atoms with van der Waals surface area (Å²) in [7, 11) is 0. The van der Waals surface area contributed by atoms with Gasteiger partial charge in [-0.25, -0.2) is 19.1 Å². The standard InChI is InChI=1S/C29H22ClF4N3O2S/c30-23-11-12-26(35-17-23)37(28(38)39-18-20-9-5-2-6-10-20)27(40)36-25(13-19-7-3-1-4-8-19)21-14-22(29(32,33)34)16-24(31)15-21/h1-12,14-17,25H,13,18H2,(H,36,40). The summed E-state index contributed by atoms with van der Waals surface area (Å²) in [5, 5.41) is 3.02. The van der Waals surface area contributed by atoms with E-state index < -0.39 is 29.7 Å². The second-order valence-corrected chi connectivity index (χ2v) is 9.50. The van der Waals surface area contributed by atoms with Gasteiger partial charge in [-0.05, 0) is 65.7 Å². The fourth-order valence-electron chi connectivity index (χ4n) is 3.86. The monoisotopic (exact) mass is 587 g/mol. The zero-order valence-corrected chi connectivity index (χ0v) is 22.3. The number of nitrogens with zero attached hydrogens (tertiary/aromatic N) is 2. The van der Waals surface area contributed by atoms with Crippen LogP contribution < -0.4 is 10.2 Å². The smallest absolute Gasteiger partial charge is 0.422 e. The average molecular weight is 588 g/mol. The molecule has 5 nitrogen and oxygen atoms in total. The number of rotatable bonds is 7. The van der Waals surface area contributed by atoms with E-state index in [4.69, 9.17) is 28.6 Å². The number of ether oxygens (including phenoxy) is 1. The Bertz CT molecular complexity index is 1460. The number of nitrogens with one attached hydrogen (secondary N) is 1. The van der Waals surface area contributed by atoms with Gasteiger partial charge >= 0.3 is 12.3 Å². The van der Waals surface area contributed by atoms with Crippen LogP contribution in [0.3, 0.4) is 0 Å². The van der Waals surface area contributed by atoms with Crippen LogP contribution in [0.5, 0.6) is 0 Å². The largest absolute Gasteiger partial charge is 0.444 e. The van der Waals surface area contributed by atoms with E-state index in [1.807, 2.05) is 6.07 Å². The molecule has 206 valence electrons. The molecule has 0 radical (unpaired) electrons. The number of hydrogen-bond donors (Lipinski definition) is 1. The summed E-state index contributed by atoms with van der Waals surface area (Å²) in [4.78, 5) is 18.4. The number of carbonyl (C=O) groups is 1. The zero-order valence-electron chi connectivity index (χ0n) is 20.7. The van der Waals surface area contributed by atoms with Crippen LogP contribution in [0.25, 0.3) is 0 Å². The van der Waals surface area contributed by atoms with Gasteiger partial charge in [-0.1, -0.05) is 72.3 Å². The molecule has 0 aliphatic heterocycles. The predicted molar refractivity (Wildman–Crippen MR) is 148 cm³/mol. The van der Waals surface area contributed by atoms with Crippen LogP contribution in [0.1, 0.15) is 28.3 Å². The summed E-state index contributed by atoms with van der Waals surface area (Å²) < 4.78 is 60.4. The third-order valence-corrected chi connectivity index (χ3v) is 6.29. The first kappa shape index (κ1) is 29.0. The quantitative estimate of drug-likeness (QED) is 0.176. The molecule has 4 rings (SSSR count). The Morgan fingerprint density at radius 1 is 0.975 bits per heavy atom. The zero-order chi connectivity index (χ0) is 28.7. The van der Waals surface area contributed by atoms with Crippen molar-refractivity contribution >= 4 is 40.8 Å². The van der Waals surface area contributed by atoms with E-state index in [1.54, 1.807) is 54.6 Å². The van der Waals surface area contributed by atoms with Gasteiger partial charge in [-0.15, -0.1) is 0 Å². The van der Waals surface area contributed by atoms with E-state index >= 15 is 0 Å². The fourth-order valence-corrected chi connectivity index (χ4v) is 4.28.